The Bertz CT molecular complexity index is 482. The lowest BCUT2D eigenvalue weighted by atomic mass is 10.1. The van der Waals surface area contributed by atoms with Crippen molar-refractivity contribution in [3.63, 3.8) is 0 Å². The second-order valence-electron chi connectivity index (χ2n) is 4.56. The lowest BCUT2D eigenvalue weighted by Gasteiger charge is -2.20. The van der Waals surface area contributed by atoms with Crippen molar-refractivity contribution >= 4 is 28.5 Å². The maximum atomic E-state index is 12.1. The molecule has 0 radical (unpaired) electrons. The fourth-order valence-corrected chi connectivity index (χ4v) is 3.24. The van der Waals surface area contributed by atoms with E-state index in [0.717, 1.165) is 16.8 Å². The fraction of sp³-hybridized carbons (Fsp3) is 0.462. The molecule has 2 heterocycles. The summed E-state index contributed by atoms with van der Waals surface area (Å²) in [7, 11) is 0. The third kappa shape index (κ3) is 2.56. The van der Waals surface area contributed by atoms with Crippen molar-refractivity contribution in [2.75, 3.05) is 11.4 Å². The number of carbonyl (C=O) groups excluding carboxylic acids is 2. The molecule has 0 saturated carbocycles. The first-order chi connectivity index (χ1) is 8.49. The molecule has 0 spiro atoms. The van der Waals surface area contributed by atoms with E-state index in [1.807, 2.05) is 13.8 Å². The van der Waals surface area contributed by atoms with E-state index in [9.17, 15) is 9.59 Å². The van der Waals surface area contributed by atoms with Crippen LogP contribution >= 0.6 is 11.8 Å². The van der Waals surface area contributed by atoms with Crippen LogP contribution in [-0.2, 0) is 9.59 Å². The molecule has 1 aliphatic heterocycles. The molecule has 18 heavy (non-hydrogen) atoms. The monoisotopic (exact) mass is 264 g/mol. The number of aryl methyl sites for hydroxylation is 2. The molecule has 0 aromatic carbocycles. The zero-order valence-corrected chi connectivity index (χ0v) is 11.6. The largest absolute Gasteiger partial charge is 0.311 e. The predicted octanol–water partition coefficient (Wildman–Crippen LogP) is 2.08. The summed E-state index contributed by atoms with van der Waals surface area (Å²) in [5, 5.41) is 0.139. The van der Waals surface area contributed by atoms with Crippen molar-refractivity contribution in [2.45, 2.75) is 32.4 Å². The van der Waals surface area contributed by atoms with Gasteiger partial charge in [0.15, 0.2) is 5.12 Å². The van der Waals surface area contributed by atoms with Gasteiger partial charge >= 0.3 is 0 Å². The van der Waals surface area contributed by atoms with E-state index in [-0.39, 0.29) is 16.3 Å². The minimum Gasteiger partial charge on any atom is -0.311 e. The Hall–Kier alpha value is -1.36. The lowest BCUT2D eigenvalue weighted by molar-refractivity contribution is -0.117. The molecule has 1 unspecified atom stereocenters. The molecule has 0 N–H and O–H groups in total. The molecule has 1 saturated heterocycles. The van der Waals surface area contributed by atoms with Gasteiger partial charge in [0.1, 0.15) is 0 Å². The van der Waals surface area contributed by atoms with Gasteiger partial charge in [0.05, 0.1) is 5.69 Å². The number of hydrogen-bond donors (Lipinski definition) is 0. The second kappa shape index (κ2) is 5.10. The Morgan fingerprint density at radius 2 is 2.00 bits per heavy atom. The van der Waals surface area contributed by atoms with Crippen LogP contribution in [0.25, 0.3) is 0 Å². The SMILES string of the molecule is CC(=O)SC1CC(=O)N(c2c(C)cncc2C)C1. The minimum atomic E-state index is 0.0674. The van der Waals surface area contributed by atoms with Crippen molar-refractivity contribution in [1.29, 1.82) is 0 Å². The summed E-state index contributed by atoms with van der Waals surface area (Å²) in [4.78, 5) is 29.1. The van der Waals surface area contributed by atoms with Gasteiger partial charge in [-0.05, 0) is 25.0 Å². The van der Waals surface area contributed by atoms with Crippen molar-refractivity contribution in [1.82, 2.24) is 4.98 Å². The van der Waals surface area contributed by atoms with E-state index >= 15 is 0 Å². The van der Waals surface area contributed by atoms with Crippen LogP contribution in [0.15, 0.2) is 12.4 Å². The average Bonchev–Trinajstić information content (AvgIpc) is 2.58. The molecule has 1 aliphatic rings. The molecule has 0 bridgehead atoms. The van der Waals surface area contributed by atoms with E-state index in [2.05, 4.69) is 4.98 Å². The predicted molar refractivity (Wildman–Crippen MR) is 72.7 cm³/mol. The van der Waals surface area contributed by atoms with Crippen LogP contribution in [0.3, 0.4) is 0 Å². The first-order valence-corrected chi connectivity index (χ1v) is 6.75. The zero-order chi connectivity index (χ0) is 13.3. The van der Waals surface area contributed by atoms with Gasteiger partial charge in [-0.25, -0.2) is 0 Å². The summed E-state index contributed by atoms with van der Waals surface area (Å²) < 4.78 is 0. The van der Waals surface area contributed by atoms with Gasteiger partial charge in [-0.15, -0.1) is 0 Å². The van der Waals surface area contributed by atoms with Crippen molar-refractivity contribution in [2.24, 2.45) is 0 Å². The highest BCUT2D eigenvalue weighted by Crippen LogP contribution is 2.32. The summed E-state index contributed by atoms with van der Waals surface area (Å²) >= 11 is 1.26. The highest BCUT2D eigenvalue weighted by molar-refractivity contribution is 8.14. The van der Waals surface area contributed by atoms with Crippen LogP contribution in [0.2, 0.25) is 0 Å². The van der Waals surface area contributed by atoms with Crippen LogP contribution in [0.1, 0.15) is 24.5 Å². The number of anilines is 1. The first-order valence-electron chi connectivity index (χ1n) is 5.88. The molecule has 1 atom stereocenters. The topological polar surface area (TPSA) is 50.3 Å². The molecule has 2 rings (SSSR count). The molecule has 1 aromatic rings. The molecule has 5 heteroatoms. The Labute approximate surface area is 111 Å². The Balaban J connectivity index is 2.24. The summed E-state index contributed by atoms with van der Waals surface area (Å²) in [6.45, 7) is 6.05. The van der Waals surface area contributed by atoms with Crippen molar-refractivity contribution in [3.8, 4) is 0 Å². The maximum Gasteiger partial charge on any atom is 0.228 e. The number of amides is 1. The third-order valence-electron chi connectivity index (χ3n) is 2.98. The van der Waals surface area contributed by atoms with Crippen LogP contribution in [0.4, 0.5) is 5.69 Å². The standard InChI is InChI=1S/C13H16N2O2S/c1-8-5-14-6-9(2)13(8)15-7-11(4-12(15)17)18-10(3)16/h5-6,11H,4,7H2,1-3H3. The Morgan fingerprint density at radius 1 is 1.39 bits per heavy atom. The number of nitrogens with zero attached hydrogens (tertiary/aromatic N) is 2. The number of pyridine rings is 1. The molecular formula is C13H16N2O2S. The highest BCUT2D eigenvalue weighted by Gasteiger charge is 2.33. The molecule has 4 nitrogen and oxygen atoms in total. The number of aromatic nitrogens is 1. The Kier molecular flexibility index (Phi) is 3.71. The van der Waals surface area contributed by atoms with E-state index in [4.69, 9.17) is 0 Å². The molecule has 1 amide bonds. The lowest BCUT2D eigenvalue weighted by Crippen LogP contribution is -2.26. The molecule has 96 valence electrons. The van der Waals surface area contributed by atoms with Gasteiger partial charge in [-0.2, -0.15) is 0 Å². The van der Waals surface area contributed by atoms with Crippen molar-refractivity contribution in [3.05, 3.63) is 23.5 Å². The molecule has 0 aliphatic carbocycles. The summed E-state index contributed by atoms with van der Waals surface area (Å²) in [6, 6.07) is 0. The molecular weight excluding hydrogens is 248 g/mol. The van der Waals surface area contributed by atoms with Gasteiger partial charge in [0.25, 0.3) is 0 Å². The second-order valence-corrected chi connectivity index (χ2v) is 6.04. The zero-order valence-electron chi connectivity index (χ0n) is 10.8. The third-order valence-corrected chi connectivity index (χ3v) is 3.96. The molecule has 1 fully saturated rings. The molecule has 1 aromatic heterocycles. The normalized spacial score (nSPS) is 19.4. The van der Waals surface area contributed by atoms with Crippen LogP contribution in [0.5, 0.6) is 0 Å². The van der Waals surface area contributed by atoms with Crippen LogP contribution in [0, 0.1) is 13.8 Å². The van der Waals surface area contributed by atoms with E-state index in [1.165, 1.54) is 11.8 Å². The van der Waals surface area contributed by atoms with Gasteiger partial charge in [0.2, 0.25) is 5.91 Å². The van der Waals surface area contributed by atoms with E-state index in [0.29, 0.717) is 13.0 Å². The first kappa shape index (κ1) is 13.1. The van der Waals surface area contributed by atoms with E-state index in [1.54, 1.807) is 24.2 Å². The van der Waals surface area contributed by atoms with Gasteiger partial charge < -0.3 is 4.90 Å². The van der Waals surface area contributed by atoms with Gasteiger partial charge in [-0.1, -0.05) is 11.8 Å². The number of rotatable bonds is 2. The van der Waals surface area contributed by atoms with Gasteiger partial charge in [0, 0.05) is 37.5 Å². The van der Waals surface area contributed by atoms with Crippen molar-refractivity contribution < 1.29 is 9.59 Å². The van der Waals surface area contributed by atoms with Crippen LogP contribution < -0.4 is 4.90 Å². The van der Waals surface area contributed by atoms with Gasteiger partial charge in [-0.3, -0.25) is 14.6 Å². The minimum absolute atomic E-state index is 0.0674. The number of thioether (sulfide) groups is 1. The Morgan fingerprint density at radius 3 is 2.56 bits per heavy atom. The smallest absolute Gasteiger partial charge is 0.228 e. The van der Waals surface area contributed by atoms with Crippen LogP contribution in [-0.4, -0.2) is 27.8 Å². The quantitative estimate of drug-likeness (QED) is 0.820. The highest BCUT2D eigenvalue weighted by atomic mass is 32.2. The fourth-order valence-electron chi connectivity index (χ4n) is 2.32. The van der Waals surface area contributed by atoms with E-state index < -0.39 is 0 Å². The summed E-state index contributed by atoms with van der Waals surface area (Å²) in [6.07, 6.45) is 3.97. The average molecular weight is 264 g/mol. The summed E-state index contributed by atoms with van der Waals surface area (Å²) in [5.41, 5.74) is 2.94. The maximum absolute atomic E-state index is 12.1. The number of carbonyl (C=O) groups is 2. The summed E-state index contributed by atoms with van der Waals surface area (Å²) in [5.74, 6) is 0.0890. The number of hydrogen-bond acceptors (Lipinski definition) is 4.